The van der Waals surface area contributed by atoms with Crippen molar-refractivity contribution in [2.45, 2.75) is 20.0 Å². The molecule has 5 rings (SSSR count). The molecular formula is C25H23BrN2O4. The molecule has 2 amide bonds. The highest BCUT2D eigenvalue weighted by atomic mass is 79.9. The standard InChI is InChI=1S/C25H23BrN2O4/c1-2-31-20-11-16(10-19(26)23(20)32-14-15-6-4-3-5-7-15)13-27-28-24(29)21-17-8-9-18(12-17)22(21)25(28)30/h3-11,13,17-18,21-22H,2,12,14H2,1H3/b27-13-/t17-,18-,21-,22+/m0/s1. The molecule has 2 bridgehead atoms. The molecule has 1 saturated carbocycles. The number of hydrazone groups is 1. The van der Waals surface area contributed by atoms with E-state index in [0.717, 1.165) is 17.0 Å². The van der Waals surface area contributed by atoms with Crippen LogP contribution in [0.25, 0.3) is 0 Å². The molecule has 0 aromatic heterocycles. The van der Waals surface area contributed by atoms with Crippen molar-refractivity contribution in [1.82, 2.24) is 5.01 Å². The molecule has 2 aromatic rings. The first-order valence-electron chi connectivity index (χ1n) is 10.8. The van der Waals surface area contributed by atoms with Crippen LogP contribution in [0, 0.1) is 23.7 Å². The van der Waals surface area contributed by atoms with Crippen molar-refractivity contribution >= 4 is 34.0 Å². The van der Waals surface area contributed by atoms with Crippen LogP contribution in [0.5, 0.6) is 11.5 Å². The second kappa shape index (κ2) is 8.54. The highest BCUT2D eigenvalue weighted by Gasteiger charge is 2.59. The SMILES string of the molecule is CCOc1cc(/C=N\N2C(=O)[C@@H]3[C@H](C2=O)[C@H]2C=C[C@H]3C2)cc(Br)c1OCc1ccccc1. The summed E-state index contributed by atoms with van der Waals surface area (Å²) in [5, 5.41) is 5.32. The second-order valence-corrected chi connectivity index (χ2v) is 9.12. The quantitative estimate of drug-likeness (QED) is 0.321. The molecule has 6 nitrogen and oxygen atoms in total. The van der Waals surface area contributed by atoms with Crippen molar-refractivity contribution in [3.05, 3.63) is 70.2 Å². The topological polar surface area (TPSA) is 68.2 Å². The summed E-state index contributed by atoms with van der Waals surface area (Å²) in [5.41, 5.74) is 1.75. The third-order valence-corrected chi connectivity index (χ3v) is 6.92. The average molecular weight is 495 g/mol. The fourth-order valence-corrected chi connectivity index (χ4v) is 5.49. The van der Waals surface area contributed by atoms with Gasteiger partial charge in [0, 0.05) is 0 Å². The van der Waals surface area contributed by atoms with Crippen LogP contribution in [-0.2, 0) is 16.2 Å². The van der Waals surface area contributed by atoms with Crippen molar-refractivity contribution in [2.75, 3.05) is 6.61 Å². The maximum absolute atomic E-state index is 12.8. The maximum Gasteiger partial charge on any atom is 0.254 e. The average Bonchev–Trinajstić information content (AvgIpc) is 3.47. The number of halogens is 1. The third-order valence-electron chi connectivity index (χ3n) is 6.33. The van der Waals surface area contributed by atoms with E-state index in [-0.39, 0.29) is 35.5 Å². The van der Waals surface area contributed by atoms with Crippen LogP contribution in [0.2, 0.25) is 0 Å². The smallest absolute Gasteiger partial charge is 0.254 e. The second-order valence-electron chi connectivity index (χ2n) is 8.27. The highest BCUT2D eigenvalue weighted by molar-refractivity contribution is 9.10. The molecule has 32 heavy (non-hydrogen) atoms. The highest BCUT2D eigenvalue weighted by Crippen LogP contribution is 2.52. The number of allylic oxidation sites excluding steroid dienone is 2. The maximum atomic E-state index is 12.8. The minimum atomic E-state index is -0.255. The van der Waals surface area contributed by atoms with Crippen LogP contribution in [-0.4, -0.2) is 29.6 Å². The van der Waals surface area contributed by atoms with E-state index in [0.29, 0.717) is 34.7 Å². The van der Waals surface area contributed by atoms with E-state index >= 15 is 0 Å². The molecular weight excluding hydrogens is 472 g/mol. The molecule has 2 aliphatic carbocycles. The summed E-state index contributed by atoms with van der Waals surface area (Å²) in [6.07, 6.45) is 6.58. The normalized spacial score (nSPS) is 25.8. The van der Waals surface area contributed by atoms with Gasteiger partial charge < -0.3 is 9.47 Å². The number of imide groups is 1. The van der Waals surface area contributed by atoms with Gasteiger partial charge in [0.15, 0.2) is 11.5 Å². The minimum Gasteiger partial charge on any atom is -0.490 e. The number of ether oxygens (including phenoxy) is 2. The number of carbonyl (C=O) groups excluding carboxylic acids is 2. The van der Waals surface area contributed by atoms with Crippen molar-refractivity contribution in [3.63, 3.8) is 0 Å². The molecule has 1 saturated heterocycles. The van der Waals surface area contributed by atoms with E-state index in [1.807, 2.05) is 43.3 Å². The number of rotatable bonds is 7. The lowest BCUT2D eigenvalue weighted by atomic mass is 9.85. The zero-order valence-electron chi connectivity index (χ0n) is 17.6. The van der Waals surface area contributed by atoms with E-state index in [1.54, 1.807) is 6.07 Å². The summed E-state index contributed by atoms with van der Waals surface area (Å²) in [5.74, 6) is 0.599. The van der Waals surface area contributed by atoms with Crippen LogP contribution in [0.15, 0.2) is 64.2 Å². The molecule has 7 heteroatoms. The summed E-state index contributed by atoms with van der Waals surface area (Å²) in [6.45, 7) is 2.78. The van der Waals surface area contributed by atoms with E-state index in [2.05, 4.69) is 33.2 Å². The Hall–Kier alpha value is -2.93. The number of amides is 2. The Labute approximate surface area is 195 Å². The van der Waals surface area contributed by atoms with Gasteiger partial charge in [-0.2, -0.15) is 10.1 Å². The van der Waals surface area contributed by atoms with Crippen LogP contribution in [0.4, 0.5) is 0 Å². The number of nitrogens with zero attached hydrogens (tertiary/aromatic N) is 2. The Bertz CT molecular complexity index is 1080. The summed E-state index contributed by atoms with van der Waals surface area (Å²) in [7, 11) is 0. The first-order chi connectivity index (χ1) is 15.6. The number of hydrogen-bond acceptors (Lipinski definition) is 5. The fourth-order valence-electron chi connectivity index (χ4n) is 4.92. The molecule has 0 unspecified atom stereocenters. The monoisotopic (exact) mass is 494 g/mol. The number of benzene rings is 2. The Balaban J connectivity index is 1.35. The first-order valence-corrected chi connectivity index (χ1v) is 11.6. The van der Waals surface area contributed by atoms with Crippen LogP contribution in [0.3, 0.4) is 0 Å². The van der Waals surface area contributed by atoms with Gasteiger partial charge in [-0.05, 0) is 64.4 Å². The van der Waals surface area contributed by atoms with Gasteiger partial charge in [0.2, 0.25) is 0 Å². The minimum absolute atomic E-state index is 0.168. The zero-order chi connectivity index (χ0) is 22.2. The van der Waals surface area contributed by atoms with Gasteiger partial charge in [0.25, 0.3) is 11.8 Å². The number of fused-ring (bicyclic) bond motifs is 5. The lowest BCUT2D eigenvalue weighted by Gasteiger charge is -2.15. The van der Waals surface area contributed by atoms with Crippen molar-refractivity contribution in [3.8, 4) is 11.5 Å². The van der Waals surface area contributed by atoms with Gasteiger partial charge >= 0.3 is 0 Å². The van der Waals surface area contributed by atoms with E-state index in [9.17, 15) is 9.59 Å². The predicted molar refractivity (Wildman–Crippen MR) is 123 cm³/mol. The van der Waals surface area contributed by atoms with Crippen molar-refractivity contribution in [1.29, 1.82) is 0 Å². The third kappa shape index (κ3) is 3.64. The molecule has 2 aromatic carbocycles. The molecule has 164 valence electrons. The fraction of sp³-hybridized carbons (Fsp3) is 0.320. The van der Waals surface area contributed by atoms with Crippen LogP contribution >= 0.6 is 15.9 Å². The predicted octanol–water partition coefficient (Wildman–Crippen LogP) is 4.57. The summed E-state index contributed by atoms with van der Waals surface area (Å²) in [4.78, 5) is 25.6. The van der Waals surface area contributed by atoms with Gasteiger partial charge in [-0.3, -0.25) is 9.59 Å². The lowest BCUT2D eigenvalue weighted by Crippen LogP contribution is -2.28. The van der Waals surface area contributed by atoms with Crippen molar-refractivity contribution < 1.29 is 19.1 Å². The van der Waals surface area contributed by atoms with Crippen molar-refractivity contribution in [2.24, 2.45) is 28.8 Å². The molecule has 2 fully saturated rings. The van der Waals surface area contributed by atoms with E-state index in [4.69, 9.17) is 9.47 Å². The summed E-state index contributed by atoms with van der Waals surface area (Å²) >= 11 is 3.56. The summed E-state index contributed by atoms with van der Waals surface area (Å²) in [6, 6.07) is 13.5. The van der Waals surface area contributed by atoms with Gasteiger partial charge in [0.1, 0.15) is 6.61 Å². The Morgan fingerprint density at radius 1 is 1.06 bits per heavy atom. The van der Waals surface area contributed by atoms with Gasteiger partial charge in [-0.1, -0.05) is 42.5 Å². The molecule has 1 aliphatic heterocycles. The van der Waals surface area contributed by atoms with E-state index in [1.165, 1.54) is 6.21 Å². The molecule has 0 N–H and O–H groups in total. The first kappa shape index (κ1) is 20.9. The molecule has 4 atom stereocenters. The van der Waals surface area contributed by atoms with Crippen LogP contribution in [0.1, 0.15) is 24.5 Å². The summed E-state index contributed by atoms with van der Waals surface area (Å²) < 4.78 is 12.5. The zero-order valence-corrected chi connectivity index (χ0v) is 19.2. The Morgan fingerprint density at radius 2 is 1.75 bits per heavy atom. The van der Waals surface area contributed by atoms with Gasteiger partial charge in [-0.25, -0.2) is 0 Å². The van der Waals surface area contributed by atoms with Crippen LogP contribution < -0.4 is 9.47 Å². The molecule has 1 heterocycles. The van der Waals surface area contributed by atoms with E-state index < -0.39 is 0 Å². The van der Waals surface area contributed by atoms with Gasteiger partial charge in [-0.15, -0.1) is 0 Å². The number of hydrogen-bond donors (Lipinski definition) is 0. The molecule has 0 spiro atoms. The van der Waals surface area contributed by atoms with Gasteiger partial charge in [0.05, 0.1) is 29.1 Å². The molecule has 3 aliphatic rings. The Morgan fingerprint density at radius 3 is 2.41 bits per heavy atom. The largest absolute Gasteiger partial charge is 0.490 e. The Kier molecular flexibility index (Phi) is 5.59. The molecule has 0 radical (unpaired) electrons. The lowest BCUT2D eigenvalue weighted by molar-refractivity contribution is -0.140. The number of carbonyl (C=O) groups is 2.